The summed E-state index contributed by atoms with van der Waals surface area (Å²) >= 11 is 0. The molecule has 0 radical (unpaired) electrons. The molecule has 3 N–H and O–H groups in total. The Hall–Kier alpha value is -2.06. The maximum atomic E-state index is 12.7. The molecule has 0 aromatic rings. The van der Waals surface area contributed by atoms with Gasteiger partial charge in [-0.2, -0.15) is 0 Å². The van der Waals surface area contributed by atoms with Crippen molar-refractivity contribution in [2.75, 3.05) is 40.9 Å². The van der Waals surface area contributed by atoms with Crippen LogP contribution >= 0.6 is 7.82 Å². The Kier molecular flexibility index (Phi) is 27.8. The number of hydrogen-bond donors (Lipinski definition) is 3. The second-order valence-electron chi connectivity index (χ2n) is 12.5. The molecule has 8 nitrogen and oxygen atoms in total. The summed E-state index contributed by atoms with van der Waals surface area (Å²) in [5, 5.41) is 13.6. The van der Waals surface area contributed by atoms with Crippen LogP contribution in [-0.4, -0.2) is 73.4 Å². The van der Waals surface area contributed by atoms with Crippen molar-refractivity contribution in [3.8, 4) is 0 Å². The smallest absolute Gasteiger partial charge is 0.387 e. The Balaban J connectivity index is 4.70. The maximum Gasteiger partial charge on any atom is 0.472 e. The molecule has 0 rings (SSSR count). The molecule has 0 aromatic heterocycles. The van der Waals surface area contributed by atoms with E-state index in [1.807, 2.05) is 27.2 Å². The van der Waals surface area contributed by atoms with Crippen molar-refractivity contribution >= 4 is 13.7 Å². The van der Waals surface area contributed by atoms with Gasteiger partial charge in [0.15, 0.2) is 0 Å². The van der Waals surface area contributed by atoms with E-state index >= 15 is 0 Å². The lowest BCUT2D eigenvalue weighted by Crippen LogP contribution is -2.45. The number of unbranched alkanes of at least 4 members (excludes halogenated alkanes) is 6. The lowest BCUT2D eigenvalue weighted by atomic mass is 10.1. The third kappa shape index (κ3) is 30.6. The first-order valence-corrected chi connectivity index (χ1v) is 18.8. The number of allylic oxidation sites excluding steroid dienone is 11. The molecule has 3 atom stereocenters. The topological polar surface area (TPSA) is 105 Å². The van der Waals surface area contributed by atoms with Crippen LogP contribution in [0.15, 0.2) is 72.9 Å². The van der Waals surface area contributed by atoms with E-state index in [1.165, 1.54) is 19.3 Å². The Morgan fingerprint density at radius 2 is 1.30 bits per heavy atom. The van der Waals surface area contributed by atoms with Crippen LogP contribution in [0.1, 0.15) is 104 Å². The number of phosphoric acid groups is 1. The van der Waals surface area contributed by atoms with Gasteiger partial charge in [0.2, 0.25) is 5.91 Å². The average molecular weight is 666 g/mol. The Labute approximate surface area is 281 Å². The van der Waals surface area contributed by atoms with Crippen molar-refractivity contribution in [1.82, 2.24) is 5.32 Å². The number of aliphatic hydroxyl groups excluding tert-OH is 1. The third-order valence-corrected chi connectivity index (χ3v) is 7.89. The molecule has 0 spiro atoms. The van der Waals surface area contributed by atoms with Gasteiger partial charge in [0, 0.05) is 6.42 Å². The van der Waals surface area contributed by atoms with Gasteiger partial charge in [-0.25, -0.2) is 4.57 Å². The fraction of sp³-hybridized carbons (Fsp3) is 0.649. The van der Waals surface area contributed by atoms with Gasteiger partial charge in [-0.1, -0.05) is 99.6 Å². The van der Waals surface area contributed by atoms with Crippen molar-refractivity contribution < 1.29 is 32.9 Å². The van der Waals surface area contributed by atoms with E-state index < -0.39 is 20.0 Å². The second-order valence-corrected chi connectivity index (χ2v) is 13.9. The molecule has 1 amide bonds. The minimum absolute atomic E-state index is 0.0436. The number of amides is 1. The van der Waals surface area contributed by atoms with Crippen LogP contribution in [-0.2, 0) is 18.4 Å². The van der Waals surface area contributed by atoms with Crippen molar-refractivity contribution in [2.24, 2.45) is 0 Å². The second kappa shape index (κ2) is 29.1. The number of carbonyl (C=O) groups excluding carboxylic acids is 1. The van der Waals surface area contributed by atoms with Crippen LogP contribution in [0.4, 0.5) is 0 Å². The molecule has 0 aliphatic carbocycles. The van der Waals surface area contributed by atoms with Crippen LogP contribution in [0.25, 0.3) is 0 Å². The number of nitrogens with zero attached hydrogens (tertiary/aromatic N) is 1. The number of nitrogens with one attached hydrogen (secondary N) is 1. The molecule has 0 aromatic carbocycles. The predicted octanol–water partition coefficient (Wildman–Crippen LogP) is 8.51. The van der Waals surface area contributed by atoms with Crippen LogP contribution in [0.3, 0.4) is 0 Å². The van der Waals surface area contributed by atoms with E-state index in [4.69, 9.17) is 9.05 Å². The molecule has 0 aliphatic rings. The summed E-state index contributed by atoms with van der Waals surface area (Å²) < 4.78 is 23.3. The summed E-state index contributed by atoms with van der Waals surface area (Å²) in [7, 11) is 1.51. The molecule has 9 heteroatoms. The van der Waals surface area contributed by atoms with Crippen LogP contribution in [0.2, 0.25) is 0 Å². The fourth-order valence-electron chi connectivity index (χ4n) is 4.10. The largest absolute Gasteiger partial charge is 0.472 e. The molecule has 0 heterocycles. The summed E-state index contributed by atoms with van der Waals surface area (Å²) in [4.78, 5) is 22.9. The summed E-state index contributed by atoms with van der Waals surface area (Å²) in [5.41, 5.74) is 0. The van der Waals surface area contributed by atoms with E-state index in [0.29, 0.717) is 23.9 Å². The highest BCUT2D eigenvalue weighted by Gasteiger charge is 2.27. The van der Waals surface area contributed by atoms with Crippen LogP contribution < -0.4 is 5.32 Å². The third-order valence-electron chi connectivity index (χ3n) is 6.91. The molecule has 3 unspecified atom stereocenters. The highest BCUT2D eigenvalue weighted by Crippen LogP contribution is 2.43. The average Bonchev–Trinajstić information content (AvgIpc) is 2.99. The Morgan fingerprint density at radius 3 is 1.91 bits per heavy atom. The molecular formula is C37H66N2O6P+. The minimum Gasteiger partial charge on any atom is -0.387 e. The van der Waals surface area contributed by atoms with Crippen LogP contribution in [0.5, 0.6) is 0 Å². The summed E-state index contributed by atoms with van der Waals surface area (Å²) in [6, 6.07) is -0.884. The van der Waals surface area contributed by atoms with E-state index in [1.54, 1.807) is 6.08 Å². The van der Waals surface area contributed by atoms with Gasteiger partial charge in [-0.05, 0) is 70.6 Å². The Morgan fingerprint density at radius 1 is 0.761 bits per heavy atom. The highest BCUT2D eigenvalue weighted by molar-refractivity contribution is 7.47. The normalized spacial score (nSPS) is 15.7. The first-order valence-electron chi connectivity index (χ1n) is 17.3. The molecule has 0 saturated carbocycles. The van der Waals surface area contributed by atoms with Crippen molar-refractivity contribution in [2.45, 2.75) is 116 Å². The van der Waals surface area contributed by atoms with Crippen molar-refractivity contribution in [3.63, 3.8) is 0 Å². The summed E-state index contributed by atoms with van der Waals surface area (Å²) in [5.74, 6) is -0.236. The monoisotopic (exact) mass is 665 g/mol. The van der Waals surface area contributed by atoms with Gasteiger partial charge in [-0.3, -0.25) is 13.8 Å². The van der Waals surface area contributed by atoms with Gasteiger partial charge >= 0.3 is 7.82 Å². The number of rotatable bonds is 29. The van der Waals surface area contributed by atoms with Crippen LogP contribution in [0, 0.1) is 0 Å². The SMILES string of the molecule is CC/C=C\C/C=C\C/C=C\C/C=C\CCCCC(=O)NC(COP(=O)(O)OCC[N+](C)(C)C)C(O)/C=C/CC/C=C/CCCCC. The molecule has 264 valence electrons. The molecule has 0 bridgehead atoms. The molecule has 0 aliphatic heterocycles. The number of quaternary nitrogens is 1. The van der Waals surface area contributed by atoms with Gasteiger partial charge in [0.25, 0.3) is 0 Å². The van der Waals surface area contributed by atoms with Gasteiger partial charge in [0.1, 0.15) is 13.2 Å². The number of likely N-dealkylation sites (N-methyl/N-ethyl adjacent to an activating group) is 1. The molecule has 46 heavy (non-hydrogen) atoms. The Bertz CT molecular complexity index is 981. The highest BCUT2D eigenvalue weighted by atomic mass is 31.2. The maximum absolute atomic E-state index is 12.7. The zero-order valence-corrected chi connectivity index (χ0v) is 30.4. The van der Waals surface area contributed by atoms with Crippen molar-refractivity contribution in [3.05, 3.63) is 72.9 Å². The number of carbonyl (C=O) groups is 1. The van der Waals surface area contributed by atoms with E-state index in [2.05, 4.69) is 79.9 Å². The molecular weight excluding hydrogens is 599 g/mol. The first kappa shape index (κ1) is 43.9. The summed E-state index contributed by atoms with van der Waals surface area (Å²) in [6.07, 6.45) is 37.0. The zero-order chi connectivity index (χ0) is 34.4. The fourth-order valence-corrected chi connectivity index (χ4v) is 4.84. The lowest BCUT2D eigenvalue weighted by Gasteiger charge is -2.25. The predicted molar refractivity (Wildman–Crippen MR) is 193 cm³/mol. The van der Waals surface area contributed by atoms with E-state index in [0.717, 1.165) is 57.8 Å². The molecule has 0 saturated heterocycles. The first-order chi connectivity index (χ1) is 22.0. The van der Waals surface area contributed by atoms with Gasteiger partial charge in [0.05, 0.1) is 39.9 Å². The number of hydrogen-bond acceptors (Lipinski definition) is 5. The van der Waals surface area contributed by atoms with E-state index in [9.17, 15) is 19.4 Å². The quantitative estimate of drug-likeness (QED) is 0.0320. The number of aliphatic hydroxyl groups is 1. The summed E-state index contributed by atoms with van der Waals surface area (Å²) in [6.45, 7) is 4.53. The van der Waals surface area contributed by atoms with Gasteiger partial charge < -0.3 is 19.8 Å². The minimum atomic E-state index is -4.35. The zero-order valence-electron chi connectivity index (χ0n) is 29.5. The standard InChI is InChI=1S/C37H65N2O6P/c1-6-8-10-12-14-16-17-18-19-20-21-23-25-27-29-31-37(41)38-35(34-45-46(42,43)44-33-32-39(3,4)5)36(40)30-28-26-24-22-15-13-11-9-7-2/h8,10,14-16,18-19,21-23,28,30,35-36,40H,6-7,9,11-13,17,20,24-27,29,31-34H2,1-5H3,(H-,38,41,42,43)/p+1/b10-8-,16-14-,19-18-,22-15+,23-21-,30-28+. The molecule has 0 fully saturated rings. The van der Waals surface area contributed by atoms with Gasteiger partial charge in [-0.15, -0.1) is 0 Å². The van der Waals surface area contributed by atoms with E-state index in [-0.39, 0.29) is 19.1 Å². The lowest BCUT2D eigenvalue weighted by molar-refractivity contribution is -0.870. The van der Waals surface area contributed by atoms with Crippen molar-refractivity contribution in [1.29, 1.82) is 0 Å². The number of phosphoric ester groups is 1.